The first-order valence-corrected chi connectivity index (χ1v) is 12.2. The number of hydrogen-bond donors (Lipinski definition) is 0. The zero-order valence-corrected chi connectivity index (χ0v) is 20.1. The van der Waals surface area contributed by atoms with Crippen LogP contribution in [0.15, 0.2) is 30.3 Å². The predicted octanol–water partition coefficient (Wildman–Crippen LogP) is 5.90. The Morgan fingerprint density at radius 1 is 0.970 bits per heavy atom. The van der Waals surface area contributed by atoms with Crippen LogP contribution in [0.3, 0.4) is 0 Å². The first-order chi connectivity index (χ1) is 16.0. The molecule has 4 aromatic heterocycles. The van der Waals surface area contributed by atoms with Crippen molar-refractivity contribution in [3.05, 3.63) is 58.8 Å². The minimum absolute atomic E-state index is 0.739. The van der Waals surface area contributed by atoms with Gasteiger partial charge in [-0.05, 0) is 81.3 Å². The minimum Gasteiger partial charge on any atom is -0.497 e. The maximum Gasteiger partial charge on any atom is 0.175 e. The van der Waals surface area contributed by atoms with Gasteiger partial charge in [0.2, 0.25) is 0 Å². The number of nitrogens with zero attached hydrogens (tertiary/aromatic N) is 5. The Morgan fingerprint density at radius 2 is 1.76 bits per heavy atom. The summed E-state index contributed by atoms with van der Waals surface area (Å²) in [6, 6.07) is 10.5. The Hall–Kier alpha value is -3.32. The zero-order chi connectivity index (χ0) is 22.7. The third-order valence-electron chi connectivity index (χ3n) is 6.42. The number of methoxy groups -OCH3 is 1. The summed E-state index contributed by atoms with van der Waals surface area (Å²) in [5.41, 5.74) is 8.05. The highest BCUT2D eigenvalue weighted by Crippen LogP contribution is 2.44. The van der Waals surface area contributed by atoms with Crippen LogP contribution in [0.4, 0.5) is 0 Å². The molecule has 0 bridgehead atoms. The molecule has 1 aliphatic carbocycles. The molecule has 0 unspecified atom stereocenters. The lowest BCUT2D eigenvalue weighted by Gasteiger charge is -2.20. The molecule has 0 spiro atoms. The van der Waals surface area contributed by atoms with E-state index >= 15 is 0 Å². The summed E-state index contributed by atoms with van der Waals surface area (Å²) in [5, 5.41) is 5.85. The summed E-state index contributed by atoms with van der Waals surface area (Å²) in [4.78, 5) is 16.0. The normalized spacial score (nSPS) is 13.6. The van der Waals surface area contributed by atoms with E-state index in [9.17, 15) is 0 Å². The summed E-state index contributed by atoms with van der Waals surface area (Å²) >= 11 is 1.68. The molecule has 1 aliphatic rings. The van der Waals surface area contributed by atoms with Gasteiger partial charge in [0.1, 0.15) is 21.1 Å². The number of hydrogen-bond acceptors (Lipinski definition) is 6. The van der Waals surface area contributed by atoms with E-state index in [0.717, 1.165) is 62.1 Å². The number of pyridine rings is 1. The average Bonchev–Trinajstić information content (AvgIpc) is 3.35. The molecule has 0 N–H and O–H groups in total. The van der Waals surface area contributed by atoms with E-state index in [1.807, 2.05) is 30.7 Å². The third-order valence-corrected chi connectivity index (χ3v) is 7.49. The molecule has 0 amide bonds. The Morgan fingerprint density at radius 3 is 2.48 bits per heavy atom. The van der Waals surface area contributed by atoms with Gasteiger partial charge in [-0.2, -0.15) is 5.10 Å². The Labute approximate surface area is 196 Å². The zero-order valence-electron chi connectivity index (χ0n) is 19.3. The number of benzene rings is 1. The molecule has 7 heteroatoms. The van der Waals surface area contributed by atoms with Crippen molar-refractivity contribution in [2.45, 2.75) is 46.5 Å². The fourth-order valence-electron chi connectivity index (χ4n) is 4.98. The molecule has 0 aliphatic heterocycles. The Bertz CT molecular complexity index is 1530. The second kappa shape index (κ2) is 7.63. The summed E-state index contributed by atoms with van der Waals surface area (Å²) in [6.07, 6.45) is 4.45. The lowest BCUT2D eigenvalue weighted by atomic mass is 9.87. The van der Waals surface area contributed by atoms with E-state index in [2.05, 4.69) is 25.1 Å². The van der Waals surface area contributed by atoms with Crippen molar-refractivity contribution >= 4 is 31.8 Å². The molecule has 5 aromatic rings. The van der Waals surface area contributed by atoms with Gasteiger partial charge < -0.3 is 4.74 Å². The molecular weight excluding hydrogens is 430 g/mol. The van der Waals surface area contributed by atoms with Gasteiger partial charge in [0.25, 0.3) is 0 Å². The molecule has 6 nitrogen and oxygen atoms in total. The number of rotatable bonds is 3. The molecule has 0 radical (unpaired) electrons. The predicted molar refractivity (Wildman–Crippen MR) is 133 cm³/mol. The van der Waals surface area contributed by atoms with E-state index in [4.69, 9.17) is 24.8 Å². The van der Waals surface area contributed by atoms with Crippen molar-refractivity contribution in [3.8, 4) is 22.7 Å². The van der Waals surface area contributed by atoms with Gasteiger partial charge in [-0.1, -0.05) is 12.1 Å². The molecule has 166 valence electrons. The molecule has 4 heterocycles. The quantitative estimate of drug-likeness (QED) is 0.339. The van der Waals surface area contributed by atoms with Gasteiger partial charge in [0.05, 0.1) is 18.3 Å². The number of aryl methyl sites for hydroxylation is 4. The SMILES string of the molecule is COc1ccc(-c2c3c(nc4sc5c(-n6nc(C)cc6C)nc(C)nc5c24)CCCC3)cc1. The Balaban J connectivity index is 1.73. The van der Waals surface area contributed by atoms with E-state index in [0.29, 0.717) is 0 Å². The highest BCUT2D eigenvalue weighted by molar-refractivity contribution is 7.25. The summed E-state index contributed by atoms with van der Waals surface area (Å²) in [7, 11) is 1.70. The second-order valence-corrected chi connectivity index (χ2v) is 9.74. The molecule has 0 atom stereocenters. The van der Waals surface area contributed by atoms with Gasteiger partial charge in [0.15, 0.2) is 5.82 Å². The van der Waals surface area contributed by atoms with Gasteiger partial charge >= 0.3 is 0 Å². The largest absolute Gasteiger partial charge is 0.497 e. The second-order valence-electron chi connectivity index (χ2n) is 8.74. The summed E-state index contributed by atoms with van der Waals surface area (Å²) < 4.78 is 8.39. The van der Waals surface area contributed by atoms with E-state index in [1.165, 1.54) is 35.2 Å². The van der Waals surface area contributed by atoms with Crippen molar-refractivity contribution in [1.82, 2.24) is 24.7 Å². The number of fused-ring (bicyclic) bond motifs is 4. The lowest BCUT2D eigenvalue weighted by Crippen LogP contribution is -2.07. The molecule has 33 heavy (non-hydrogen) atoms. The van der Waals surface area contributed by atoms with Gasteiger partial charge in [-0.3, -0.25) is 0 Å². The van der Waals surface area contributed by atoms with E-state index in [1.54, 1.807) is 18.4 Å². The van der Waals surface area contributed by atoms with Crippen LogP contribution < -0.4 is 4.74 Å². The fraction of sp³-hybridized carbons (Fsp3) is 0.308. The minimum atomic E-state index is 0.739. The Kier molecular flexibility index (Phi) is 4.69. The van der Waals surface area contributed by atoms with Crippen LogP contribution in [0.5, 0.6) is 5.75 Å². The van der Waals surface area contributed by atoms with E-state index < -0.39 is 0 Å². The van der Waals surface area contributed by atoms with Crippen molar-refractivity contribution in [2.75, 3.05) is 7.11 Å². The van der Waals surface area contributed by atoms with Crippen molar-refractivity contribution in [3.63, 3.8) is 0 Å². The van der Waals surface area contributed by atoms with Crippen LogP contribution in [0.1, 0.15) is 41.3 Å². The molecule has 0 fully saturated rings. The van der Waals surface area contributed by atoms with Gasteiger partial charge in [-0.25, -0.2) is 19.6 Å². The van der Waals surface area contributed by atoms with Crippen LogP contribution >= 0.6 is 11.3 Å². The van der Waals surface area contributed by atoms with Crippen LogP contribution in [0.25, 0.3) is 37.4 Å². The first-order valence-electron chi connectivity index (χ1n) is 11.3. The standard InChI is InChI=1S/C26H25N5OS/c1-14-13-15(2)31(30-14)25-24-23(27-16(3)28-25)22-21(17-9-11-18(32-4)12-10-17)19-7-5-6-8-20(19)29-26(22)33-24/h9-13H,5-8H2,1-4H3. The smallest absolute Gasteiger partial charge is 0.175 e. The summed E-state index contributed by atoms with van der Waals surface area (Å²) in [5.74, 6) is 2.44. The van der Waals surface area contributed by atoms with Crippen LogP contribution in [-0.4, -0.2) is 31.8 Å². The number of ether oxygens (including phenoxy) is 1. The maximum absolute atomic E-state index is 5.41. The monoisotopic (exact) mass is 455 g/mol. The molecule has 6 rings (SSSR count). The van der Waals surface area contributed by atoms with Crippen molar-refractivity contribution in [1.29, 1.82) is 0 Å². The topological polar surface area (TPSA) is 65.7 Å². The molecular formula is C26H25N5OS. The highest BCUT2D eigenvalue weighted by Gasteiger charge is 2.25. The fourth-order valence-corrected chi connectivity index (χ4v) is 6.10. The van der Waals surface area contributed by atoms with Gasteiger partial charge in [0, 0.05) is 16.8 Å². The average molecular weight is 456 g/mol. The van der Waals surface area contributed by atoms with Crippen LogP contribution in [0.2, 0.25) is 0 Å². The first kappa shape index (κ1) is 20.3. The molecule has 0 saturated carbocycles. The van der Waals surface area contributed by atoms with Crippen LogP contribution in [0, 0.1) is 20.8 Å². The highest BCUT2D eigenvalue weighted by atomic mass is 32.1. The van der Waals surface area contributed by atoms with E-state index in [-0.39, 0.29) is 0 Å². The van der Waals surface area contributed by atoms with Crippen LogP contribution in [-0.2, 0) is 12.8 Å². The maximum atomic E-state index is 5.41. The summed E-state index contributed by atoms with van der Waals surface area (Å²) in [6.45, 7) is 6.03. The number of aromatic nitrogens is 5. The van der Waals surface area contributed by atoms with Gasteiger partial charge in [-0.15, -0.1) is 11.3 Å². The molecule has 0 saturated heterocycles. The number of thiophene rings is 1. The third kappa shape index (κ3) is 3.22. The van der Waals surface area contributed by atoms with Crippen molar-refractivity contribution < 1.29 is 4.74 Å². The van der Waals surface area contributed by atoms with Crippen molar-refractivity contribution in [2.24, 2.45) is 0 Å². The molecule has 1 aromatic carbocycles. The lowest BCUT2D eigenvalue weighted by molar-refractivity contribution is 0.415.